The summed E-state index contributed by atoms with van der Waals surface area (Å²) in [7, 11) is 2.56. The second-order valence-corrected chi connectivity index (χ2v) is 3.56. The molecule has 0 amide bonds. The Morgan fingerprint density at radius 2 is 1.78 bits per heavy atom. The fourth-order valence-corrected chi connectivity index (χ4v) is 1.43. The zero-order chi connectivity index (χ0) is 13.9. The summed E-state index contributed by atoms with van der Waals surface area (Å²) >= 11 is 0. The molecular formula is C11H13F4NO2. The quantitative estimate of drug-likeness (QED) is 0.834. The highest BCUT2D eigenvalue weighted by Gasteiger charge is 2.48. The second-order valence-electron chi connectivity index (χ2n) is 3.56. The Hall–Kier alpha value is -1.50. The minimum absolute atomic E-state index is 0.00336. The Balaban J connectivity index is 3.21. The van der Waals surface area contributed by atoms with E-state index in [0.29, 0.717) is 0 Å². The molecule has 3 nitrogen and oxygen atoms in total. The van der Waals surface area contributed by atoms with Crippen molar-refractivity contribution in [3.63, 3.8) is 0 Å². The fraction of sp³-hybridized carbons (Fsp3) is 0.455. The summed E-state index contributed by atoms with van der Waals surface area (Å²) in [6.45, 7) is 0. The van der Waals surface area contributed by atoms with Crippen LogP contribution in [-0.4, -0.2) is 26.6 Å². The number of methoxy groups -OCH3 is 2. The highest BCUT2D eigenvalue weighted by Crippen LogP contribution is 2.39. The van der Waals surface area contributed by atoms with Gasteiger partial charge in [-0.3, -0.25) is 0 Å². The third-order valence-electron chi connectivity index (χ3n) is 2.48. The molecule has 7 heteroatoms. The van der Waals surface area contributed by atoms with Crippen LogP contribution in [0.5, 0.6) is 11.5 Å². The maximum Gasteiger partial charge on any atom is 0.326 e. The van der Waals surface area contributed by atoms with Crippen LogP contribution in [0.15, 0.2) is 18.2 Å². The molecule has 0 aliphatic carbocycles. The number of hydrogen-bond donors (Lipinski definition) is 1. The van der Waals surface area contributed by atoms with Crippen molar-refractivity contribution in [1.29, 1.82) is 0 Å². The zero-order valence-corrected chi connectivity index (χ0v) is 9.79. The van der Waals surface area contributed by atoms with Gasteiger partial charge in [0.05, 0.1) is 14.2 Å². The molecular weight excluding hydrogens is 254 g/mol. The maximum atomic E-state index is 13.2. The number of nitrogens with two attached hydrogens (primary N) is 1. The van der Waals surface area contributed by atoms with Crippen molar-refractivity contribution in [1.82, 2.24) is 0 Å². The van der Waals surface area contributed by atoms with Crippen molar-refractivity contribution in [2.24, 2.45) is 5.73 Å². The largest absolute Gasteiger partial charge is 0.497 e. The van der Waals surface area contributed by atoms with E-state index in [2.05, 4.69) is 0 Å². The van der Waals surface area contributed by atoms with Gasteiger partial charge in [0.1, 0.15) is 17.5 Å². The monoisotopic (exact) mass is 267 g/mol. The Morgan fingerprint density at radius 1 is 1.17 bits per heavy atom. The Morgan fingerprint density at radius 3 is 2.22 bits per heavy atom. The van der Waals surface area contributed by atoms with Gasteiger partial charge < -0.3 is 15.2 Å². The van der Waals surface area contributed by atoms with Crippen molar-refractivity contribution in [3.8, 4) is 11.5 Å². The molecule has 0 bridgehead atoms. The average molecular weight is 267 g/mol. The van der Waals surface area contributed by atoms with Gasteiger partial charge >= 0.3 is 12.3 Å². The molecule has 1 rings (SSSR count). The van der Waals surface area contributed by atoms with Crippen LogP contribution in [0.1, 0.15) is 11.6 Å². The van der Waals surface area contributed by atoms with Crippen LogP contribution in [0.4, 0.5) is 17.6 Å². The summed E-state index contributed by atoms with van der Waals surface area (Å²) in [6.07, 6.45) is -3.86. The molecule has 18 heavy (non-hydrogen) atoms. The topological polar surface area (TPSA) is 44.5 Å². The molecule has 0 radical (unpaired) electrons. The maximum absolute atomic E-state index is 13.2. The molecule has 0 aromatic heterocycles. The van der Waals surface area contributed by atoms with E-state index in [4.69, 9.17) is 15.2 Å². The summed E-state index contributed by atoms with van der Waals surface area (Å²) in [5, 5.41) is 0. The van der Waals surface area contributed by atoms with Crippen molar-refractivity contribution in [3.05, 3.63) is 23.8 Å². The highest BCUT2D eigenvalue weighted by atomic mass is 19.3. The van der Waals surface area contributed by atoms with E-state index in [0.717, 1.165) is 6.07 Å². The van der Waals surface area contributed by atoms with Gasteiger partial charge in [-0.15, -0.1) is 0 Å². The summed E-state index contributed by atoms with van der Waals surface area (Å²) in [5.41, 5.74) is 4.97. The Bertz CT molecular complexity index is 412. The van der Waals surface area contributed by atoms with E-state index in [-0.39, 0.29) is 17.1 Å². The number of halogens is 4. The minimum Gasteiger partial charge on any atom is -0.497 e. The molecule has 1 aromatic rings. The number of ether oxygens (including phenoxy) is 2. The van der Waals surface area contributed by atoms with E-state index in [9.17, 15) is 17.6 Å². The normalized spacial score (nSPS) is 13.6. The number of alkyl halides is 4. The molecule has 0 saturated heterocycles. The number of hydrogen-bond acceptors (Lipinski definition) is 3. The Kier molecular flexibility index (Phi) is 4.39. The van der Waals surface area contributed by atoms with Crippen molar-refractivity contribution in [2.75, 3.05) is 14.2 Å². The lowest BCUT2D eigenvalue weighted by molar-refractivity contribution is -0.144. The van der Waals surface area contributed by atoms with E-state index >= 15 is 0 Å². The smallest absolute Gasteiger partial charge is 0.326 e. The van der Waals surface area contributed by atoms with Gasteiger partial charge in [0.15, 0.2) is 0 Å². The lowest BCUT2D eigenvalue weighted by atomic mass is 10.00. The Labute approximate surface area is 101 Å². The molecule has 0 aliphatic rings. The third-order valence-corrected chi connectivity index (χ3v) is 2.48. The van der Waals surface area contributed by atoms with Crippen LogP contribution in [0.25, 0.3) is 0 Å². The van der Waals surface area contributed by atoms with E-state index in [1.807, 2.05) is 0 Å². The SMILES string of the molecule is COc1ccc(OC)c(C(N)C(F)(F)C(F)F)c1. The summed E-state index contributed by atoms with van der Waals surface area (Å²) in [4.78, 5) is 0. The van der Waals surface area contributed by atoms with Crippen LogP contribution in [0.3, 0.4) is 0 Å². The van der Waals surface area contributed by atoms with Crippen LogP contribution in [0, 0.1) is 0 Å². The lowest BCUT2D eigenvalue weighted by Crippen LogP contribution is -2.39. The summed E-state index contributed by atoms with van der Waals surface area (Å²) in [6, 6.07) is 1.76. The fourth-order valence-electron chi connectivity index (χ4n) is 1.43. The van der Waals surface area contributed by atoms with Crippen LogP contribution in [0.2, 0.25) is 0 Å². The van der Waals surface area contributed by atoms with Crippen molar-refractivity contribution in [2.45, 2.75) is 18.4 Å². The first kappa shape index (κ1) is 14.6. The van der Waals surface area contributed by atoms with Gasteiger partial charge in [0, 0.05) is 5.56 Å². The summed E-state index contributed by atoms with van der Waals surface area (Å²) < 4.78 is 60.6. The highest BCUT2D eigenvalue weighted by molar-refractivity contribution is 5.43. The molecule has 0 aliphatic heterocycles. The number of benzene rings is 1. The number of rotatable bonds is 5. The predicted octanol–water partition coefficient (Wildman–Crippen LogP) is 2.60. The molecule has 1 atom stereocenters. The molecule has 2 N–H and O–H groups in total. The first-order valence-electron chi connectivity index (χ1n) is 4.98. The van der Waals surface area contributed by atoms with Crippen molar-refractivity contribution >= 4 is 0 Å². The molecule has 0 fully saturated rings. The lowest BCUT2D eigenvalue weighted by Gasteiger charge is -2.24. The summed E-state index contributed by atoms with van der Waals surface area (Å²) in [5.74, 6) is -4.12. The van der Waals surface area contributed by atoms with E-state index < -0.39 is 18.4 Å². The van der Waals surface area contributed by atoms with Gasteiger partial charge in [-0.2, -0.15) is 8.78 Å². The van der Waals surface area contributed by atoms with Gasteiger partial charge in [-0.25, -0.2) is 8.78 Å². The van der Waals surface area contributed by atoms with E-state index in [1.165, 1.54) is 26.4 Å². The average Bonchev–Trinajstić information content (AvgIpc) is 2.36. The molecule has 1 unspecified atom stereocenters. The molecule has 102 valence electrons. The van der Waals surface area contributed by atoms with Gasteiger partial charge in [0.2, 0.25) is 0 Å². The first-order valence-corrected chi connectivity index (χ1v) is 4.98. The second kappa shape index (κ2) is 5.43. The molecule has 0 heterocycles. The first-order chi connectivity index (χ1) is 8.34. The standard InChI is InChI=1S/C11H13F4NO2/c1-17-6-3-4-8(18-2)7(5-6)9(16)11(14,15)10(12)13/h3-5,9-10H,16H2,1-2H3. The van der Waals surface area contributed by atoms with Gasteiger partial charge in [-0.1, -0.05) is 0 Å². The van der Waals surface area contributed by atoms with Crippen LogP contribution < -0.4 is 15.2 Å². The van der Waals surface area contributed by atoms with Crippen LogP contribution in [-0.2, 0) is 0 Å². The van der Waals surface area contributed by atoms with Gasteiger partial charge in [0.25, 0.3) is 0 Å². The predicted molar refractivity (Wildman–Crippen MR) is 57.4 cm³/mol. The zero-order valence-electron chi connectivity index (χ0n) is 9.79. The molecule has 0 saturated carbocycles. The minimum atomic E-state index is -4.35. The van der Waals surface area contributed by atoms with Crippen LogP contribution >= 0.6 is 0 Å². The van der Waals surface area contributed by atoms with E-state index in [1.54, 1.807) is 0 Å². The molecule has 1 aromatic carbocycles. The third kappa shape index (κ3) is 2.66. The van der Waals surface area contributed by atoms with Crippen molar-refractivity contribution < 1.29 is 27.0 Å². The van der Waals surface area contributed by atoms with Gasteiger partial charge in [-0.05, 0) is 18.2 Å². The molecule has 0 spiro atoms.